The maximum absolute atomic E-state index is 11.3. The van der Waals surface area contributed by atoms with Crippen molar-refractivity contribution < 1.29 is 4.79 Å². The van der Waals surface area contributed by atoms with E-state index in [-0.39, 0.29) is 5.78 Å². The Hall–Kier alpha value is -1.83. The minimum Gasteiger partial charge on any atom is -0.318 e. The van der Waals surface area contributed by atoms with Crippen molar-refractivity contribution >= 4 is 5.78 Å². The molecule has 0 saturated heterocycles. The zero-order valence-corrected chi connectivity index (χ0v) is 12.4. The van der Waals surface area contributed by atoms with Crippen LogP contribution in [0.15, 0.2) is 24.3 Å². The number of aromatic nitrogens is 1. The zero-order valence-electron chi connectivity index (χ0n) is 12.4. The topological polar surface area (TPSA) is 22.0 Å². The Bertz CT molecular complexity index is 615. The van der Waals surface area contributed by atoms with Gasteiger partial charge in [0, 0.05) is 17.8 Å². The van der Waals surface area contributed by atoms with E-state index >= 15 is 0 Å². The van der Waals surface area contributed by atoms with Crippen molar-refractivity contribution in [2.45, 2.75) is 41.0 Å². The fourth-order valence-corrected chi connectivity index (χ4v) is 2.78. The van der Waals surface area contributed by atoms with Gasteiger partial charge in [0.25, 0.3) is 0 Å². The number of carbonyl (C=O) groups is 1. The summed E-state index contributed by atoms with van der Waals surface area (Å²) in [6, 6.07) is 8.47. The lowest BCUT2D eigenvalue weighted by molar-refractivity contribution is -0.116. The number of Topliss-reactive ketones (excluding diaryl/α,β-unsaturated/α-hetero) is 1. The van der Waals surface area contributed by atoms with Crippen LogP contribution in [-0.4, -0.2) is 10.4 Å². The molecule has 0 atom stereocenters. The number of aryl methyl sites for hydroxylation is 3. The Labute approximate surface area is 115 Å². The van der Waals surface area contributed by atoms with Crippen molar-refractivity contribution in [2.24, 2.45) is 0 Å². The average molecular weight is 255 g/mol. The van der Waals surface area contributed by atoms with Gasteiger partial charge >= 0.3 is 0 Å². The van der Waals surface area contributed by atoms with Crippen molar-refractivity contribution in [2.75, 3.05) is 0 Å². The van der Waals surface area contributed by atoms with Gasteiger partial charge < -0.3 is 4.57 Å². The largest absolute Gasteiger partial charge is 0.318 e. The number of carbonyl (C=O) groups excluding carboxylic acids is 1. The lowest BCUT2D eigenvalue weighted by Crippen LogP contribution is -2.05. The predicted molar refractivity (Wildman–Crippen MR) is 79.1 cm³/mol. The number of hydrogen-bond donors (Lipinski definition) is 0. The summed E-state index contributed by atoms with van der Waals surface area (Å²) in [5, 5.41) is 0. The molecule has 1 aromatic carbocycles. The monoisotopic (exact) mass is 255 g/mol. The molecule has 2 rings (SSSR count). The van der Waals surface area contributed by atoms with E-state index in [1.807, 2.05) is 0 Å². The normalized spacial score (nSPS) is 10.8. The highest BCUT2D eigenvalue weighted by Gasteiger charge is 2.14. The van der Waals surface area contributed by atoms with Gasteiger partial charge in [0.1, 0.15) is 5.78 Å². The van der Waals surface area contributed by atoms with Crippen molar-refractivity contribution in [1.82, 2.24) is 4.57 Å². The van der Waals surface area contributed by atoms with Crippen LogP contribution in [0.2, 0.25) is 0 Å². The molecule has 0 aliphatic carbocycles. The van der Waals surface area contributed by atoms with Crippen molar-refractivity contribution in [3.63, 3.8) is 0 Å². The molecule has 0 aliphatic heterocycles. The Morgan fingerprint density at radius 2 is 1.68 bits per heavy atom. The fraction of sp³-hybridized carbons (Fsp3) is 0.353. The van der Waals surface area contributed by atoms with Crippen LogP contribution in [0.3, 0.4) is 0 Å². The molecule has 2 nitrogen and oxygen atoms in total. The molecule has 0 N–H and O–H groups in total. The van der Waals surface area contributed by atoms with Gasteiger partial charge in [-0.3, -0.25) is 4.79 Å². The van der Waals surface area contributed by atoms with Gasteiger partial charge in [0.15, 0.2) is 0 Å². The van der Waals surface area contributed by atoms with E-state index < -0.39 is 0 Å². The molecule has 0 saturated carbocycles. The number of nitrogens with zero attached hydrogens (tertiary/aromatic N) is 1. The number of ketones is 1. The van der Waals surface area contributed by atoms with Gasteiger partial charge in [0.2, 0.25) is 0 Å². The van der Waals surface area contributed by atoms with E-state index in [1.165, 1.54) is 28.2 Å². The lowest BCUT2D eigenvalue weighted by Gasteiger charge is -2.15. The number of rotatable bonds is 3. The van der Waals surface area contributed by atoms with Crippen LogP contribution in [0.5, 0.6) is 0 Å². The van der Waals surface area contributed by atoms with Gasteiger partial charge in [-0.05, 0) is 57.4 Å². The van der Waals surface area contributed by atoms with Crippen molar-refractivity contribution in [3.05, 3.63) is 52.3 Å². The predicted octanol–water partition coefficient (Wildman–Crippen LogP) is 3.84. The molecule has 0 fully saturated rings. The highest BCUT2D eigenvalue weighted by Crippen LogP contribution is 2.26. The quantitative estimate of drug-likeness (QED) is 0.816. The van der Waals surface area contributed by atoms with Crippen molar-refractivity contribution in [3.8, 4) is 5.69 Å². The van der Waals surface area contributed by atoms with E-state index in [1.54, 1.807) is 6.92 Å². The first-order chi connectivity index (χ1) is 8.91. The highest BCUT2D eigenvalue weighted by atomic mass is 16.1. The molecule has 0 amide bonds. The maximum atomic E-state index is 11.3. The fourth-order valence-electron chi connectivity index (χ4n) is 2.78. The second-order valence-corrected chi connectivity index (χ2v) is 5.35. The Morgan fingerprint density at radius 1 is 1.11 bits per heavy atom. The van der Waals surface area contributed by atoms with Crippen LogP contribution in [-0.2, 0) is 11.2 Å². The second-order valence-electron chi connectivity index (χ2n) is 5.35. The number of para-hydroxylation sites is 1. The third-order valence-electron chi connectivity index (χ3n) is 3.64. The summed E-state index contributed by atoms with van der Waals surface area (Å²) < 4.78 is 2.27. The van der Waals surface area contributed by atoms with Crippen molar-refractivity contribution in [1.29, 1.82) is 0 Å². The lowest BCUT2D eigenvalue weighted by atomic mass is 10.1. The Balaban J connectivity index is 2.63. The van der Waals surface area contributed by atoms with Gasteiger partial charge in [-0.1, -0.05) is 18.2 Å². The summed E-state index contributed by atoms with van der Waals surface area (Å²) in [5.74, 6) is 0.210. The molecule has 0 spiro atoms. The molecular formula is C17H21NO. The Kier molecular flexibility index (Phi) is 3.61. The van der Waals surface area contributed by atoms with E-state index in [0.717, 1.165) is 5.56 Å². The molecule has 2 aromatic rings. The summed E-state index contributed by atoms with van der Waals surface area (Å²) in [4.78, 5) is 11.3. The molecule has 0 radical (unpaired) electrons. The van der Waals surface area contributed by atoms with Gasteiger partial charge in [-0.25, -0.2) is 0 Å². The number of hydrogen-bond acceptors (Lipinski definition) is 1. The van der Waals surface area contributed by atoms with Gasteiger partial charge in [0.05, 0.1) is 5.69 Å². The minimum absolute atomic E-state index is 0.210. The van der Waals surface area contributed by atoms with Crippen LogP contribution in [0.25, 0.3) is 5.69 Å². The molecule has 2 heteroatoms. The zero-order chi connectivity index (χ0) is 14.2. The molecule has 19 heavy (non-hydrogen) atoms. The van der Waals surface area contributed by atoms with Crippen LogP contribution in [0, 0.1) is 27.7 Å². The third kappa shape index (κ3) is 2.48. The van der Waals surface area contributed by atoms with Crippen LogP contribution in [0.1, 0.15) is 35.0 Å². The molecule has 0 unspecified atom stereocenters. The van der Waals surface area contributed by atoms with Crippen LogP contribution in [0.4, 0.5) is 0 Å². The summed E-state index contributed by atoms with van der Waals surface area (Å²) in [5.41, 5.74) is 7.25. The molecule has 1 heterocycles. The Morgan fingerprint density at radius 3 is 2.21 bits per heavy atom. The number of benzene rings is 1. The molecule has 1 aromatic heterocycles. The van der Waals surface area contributed by atoms with E-state index in [4.69, 9.17) is 0 Å². The highest BCUT2D eigenvalue weighted by molar-refractivity contribution is 5.78. The standard InChI is InChI=1S/C17H21NO/c1-11-7-6-8-12(2)17(11)18-13(3)9-16(15(18)5)10-14(4)19/h6-9H,10H2,1-5H3. The van der Waals surface area contributed by atoms with Gasteiger partial charge in [-0.15, -0.1) is 0 Å². The van der Waals surface area contributed by atoms with E-state index in [2.05, 4.69) is 56.5 Å². The van der Waals surface area contributed by atoms with Crippen LogP contribution < -0.4 is 0 Å². The smallest absolute Gasteiger partial charge is 0.134 e. The maximum Gasteiger partial charge on any atom is 0.134 e. The molecular weight excluding hydrogens is 234 g/mol. The summed E-state index contributed by atoms with van der Waals surface area (Å²) in [6.45, 7) is 10.1. The van der Waals surface area contributed by atoms with Crippen LogP contribution >= 0.6 is 0 Å². The SMILES string of the molecule is CC(=O)Cc1cc(C)n(-c2c(C)cccc2C)c1C. The average Bonchev–Trinajstić information content (AvgIpc) is 2.55. The first-order valence-corrected chi connectivity index (χ1v) is 6.65. The first kappa shape index (κ1) is 13.6. The van der Waals surface area contributed by atoms with Gasteiger partial charge in [-0.2, -0.15) is 0 Å². The second kappa shape index (κ2) is 5.04. The van der Waals surface area contributed by atoms with E-state index in [9.17, 15) is 4.79 Å². The molecule has 0 aliphatic rings. The summed E-state index contributed by atoms with van der Waals surface area (Å²) in [7, 11) is 0. The van der Waals surface area contributed by atoms with E-state index in [0.29, 0.717) is 6.42 Å². The third-order valence-corrected chi connectivity index (χ3v) is 3.64. The summed E-state index contributed by atoms with van der Waals surface area (Å²) >= 11 is 0. The molecule has 0 bridgehead atoms. The summed E-state index contributed by atoms with van der Waals surface area (Å²) in [6.07, 6.45) is 0.518. The molecule has 100 valence electrons. The first-order valence-electron chi connectivity index (χ1n) is 6.65. The minimum atomic E-state index is 0.210.